The molecule has 1 heterocycles. The number of benzene rings is 1. The summed E-state index contributed by atoms with van der Waals surface area (Å²) >= 11 is 6.37. The van der Waals surface area contributed by atoms with E-state index in [1.165, 1.54) is 12.8 Å². The van der Waals surface area contributed by atoms with Crippen molar-refractivity contribution in [2.75, 3.05) is 32.1 Å². The second kappa shape index (κ2) is 6.12. The molecule has 0 spiro atoms. The molecule has 0 bridgehead atoms. The molecule has 1 aromatic rings. The van der Waals surface area contributed by atoms with Crippen LogP contribution in [0.4, 0.5) is 5.69 Å². The van der Waals surface area contributed by atoms with Gasteiger partial charge in [-0.15, -0.1) is 0 Å². The Kier molecular flexibility index (Phi) is 4.71. The average Bonchev–Trinajstić information content (AvgIpc) is 2.38. The number of piperidine rings is 1. The fourth-order valence-corrected chi connectivity index (χ4v) is 2.94. The molecule has 0 aromatic heterocycles. The second-order valence-electron chi connectivity index (χ2n) is 5.59. The molecule has 0 saturated carbocycles. The highest BCUT2D eigenvalue weighted by atomic mass is 35.5. The van der Waals surface area contributed by atoms with Gasteiger partial charge in [0.15, 0.2) is 0 Å². The summed E-state index contributed by atoms with van der Waals surface area (Å²) in [5.74, 6) is 0. The molecule has 1 aliphatic heterocycles. The Morgan fingerprint density at radius 2 is 2.16 bits per heavy atom. The third-order valence-electron chi connectivity index (χ3n) is 3.92. The number of hydrogen-bond acceptors (Lipinski definition) is 3. The van der Waals surface area contributed by atoms with E-state index in [2.05, 4.69) is 23.9 Å². The fraction of sp³-hybridized carbons (Fsp3) is 0.600. The van der Waals surface area contributed by atoms with Crippen molar-refractivity contribution in [1.29, 1.82) is 0 Å². The van der Waals surface area contributed by atoms with Gasteiger partial charge in [-0.2, -0.15) is 0 Å². The first kappa shape index (κ1) is 14.6. The van der Waals surface area contributed by atoms with Gasteiger partial charge >= 0.3 is 0 Å². The van der Waals surface area contributed by atoms with E-state index in [-0.39, 0.29) is 0 Å². The number of nitrogens with zero attached hydrogens (tertiary/aromatic N) is 2. The molecule has 3 nitrogen and oxygen atoms in total. The summed E-state index contributed by atoms with van der Waals surface area (Å²) in [6.07, 6.45) is 1.96. The van der Waals surface area contributed by atoms with Gasteiger partial charge in [-0.3, -0.25) is 0 Å². The van der Waals surface area contributed by atoms with Crippen molar-refractivity contribution in [3.8, 4) is 0 Å². The van der Waals surface area contributed by atoms with Crippen molar-refractivity contribution in [3.63, 3.8) is 0 Å². The van der Waals surface area contributed by atoms with Crippen LogP contribution in [0, 0.1) is 0 Å². The zero-order chi connectivity index (χ0) is 14.0. The molecule has 0 radical (unpaired) electrons. The van der Waals surface area contributed by atoms with E-state index in [9.17, 15) is 5.11 Å². The van der Waals surface area contributed by atoms with E-state index in [0.29, 0.717) is 6.04 Å². The first-order valence-corrected chi connectivity index (χ1v) is 7.25. The number of anilines is 1. The largest absolute Gasteiger partial charge is 0.389 e. The van der Waals surface area contributed by atoms with E-state index in [4.69, 9.17) is 11.6 Å². The van der Waals surface area contributed by atoms with Crippen molar-refractivity contribution in [2.45, 2.75) is 31.9 Å². The molecule has 106 valence electrons. The van der Waals surface area contributed by atoms with Gasteiger partial charge in [0.25, 0.3) is 0 Å². The van der Waals surface area contributed by atoms with Crippen LogP contribution in [0.2, 0.25) is 5.02 Å². The van der Waals surface area contributed by atoms with E-state index < -0.39 is 6.10 Å². The highest BCUT2D eigenvalue weighted by Gasteiger charge is 2.23. The molecular weight excluding hydrogens is 260 g/mol. The molecule has 1 N–H and O–H groups in total. The molecule has 1 fully saturated rings. The van der Waals surface area contributed by atoms with Crippen LogP contribution in [-0.4, -0.2) is 43.2 Å². The summed E-state index contributed by atoms with van der Waals surface area (Å²) in [5.41, 5.74) is 1.95. The Bertz CT molecular complexity index is 434. The van der Waals surface area contributed by atoms with Gasteiger partial charge in [0.2, 0.25) is 0 Å². The highest BCUT2D eigenvalue weighted by Crippen LogP contribution is 2.31. The predicted octanol–water partition coefficient (Wildman–Crippen LogP) is 2.92. The maximum Gasteiger partial charge on any atom is 0.0762 e. The first-order chi connectivity index (χ1) is 8.99. The topological polar surface area (TPSA) is 26.7 Å². The Morgan fingerprint density at radius 1 is 1.42 bits per heavy atom. The van der Waals surface area contributed by atoms with Crippen LogP contribution in [-0.2, 0) is 0 Å². The fourth-order valence-electron chi connectivity index (χ4n) is 2.63. The third-order valence-corrected chi connectivity index (χ3v) is 4.22. The Hall–Kier alpha value is -0.770. The maximum atomic E-state index is 9.59. The Labute approximate surface area is 120 Å². The third kappa shape index (κ3) is 3.41. The van der Waals surface area contributed by atoms with Crippen molar-refractivity contribution < 1.29 is 5.11 Å². The number of aliphatic hydroxyl groups excluding tert-OH is 1. The van der Waals surface area contributed by atoms with Gasteiger partial charge in [0.05, 0.1) is 16.8 Å². The molecule has 1 unspecified atom stereocenters. The lowest BCUT2D eigenvalue weighted by atomic mass is 10.0. The average molecular weight is 283 g/mol. The van der Waals surface area contributed by atoms with Crippen LogP contribution in [0.25, 0.3) is 0 Å². The zero-order valence-electron chi connectivity index (χ0n) is 11.9. The number of likely N-dealkylation sites (N-methyl/N-ethyl adjacent to an activating group) is 1. The molecule has 2 atom stereocenters. The summed E-state index contributed by atoms with van der Waals surface area (Å²) in [4.78, 5) is 4.63. The molecule has 1 saturated heterocycles. The van der Waals surface area contributed by atoms with Crippen LogP contribution in [0.15, 0.2) is 18.2 Å². The van der Waals surface area contributed by atoms with Gasteiger partial charge in [-0.05, 0) is 51.6 Å². The second-order valence-corrected chi connectivity index (χ2v) is 6.00. The van der Waals surface area contributed by atoms with Crippen molar-refractivity contribution in [2.24, 2.45) is 0 Å². The van der Waals surface area contributed by atoms with Gasteiger partial charge in [0.1, 0.15) is 0 Å². The standard InChI is InChI=1S/C15H23ClN2O/c1-11(19)12-6-7-15(14(16)9-12)18-8-4-5-13(10-18)17(2)3/h6-7,9,11,13,19H,4-5,8,10H2,1-3H3/t11-,13?/m1/s1. The zero-order valence-corrected chi connectivity index (χ0v) is 12.7. The maximum absolute atomic E-state index is 9.59. The molecule has 1 aromatic carbocycles. The van der Waals surface area contributed by atoms with Crippen molar-refractivity contribution in [1.82, 2.24) is 4.90 Å². The van der Waals surface area contributed by atoms with Crippen LogP contribution in [0.3, 0.4) is 0 Å². The molecule has 19 heavy (non-hydrogen) atoms. The van der Waals surface area contributed by atoms with E-state index >= 15 is 0 Å². The van der Waals surface area contributed by atoms with Crippen molar-refractivity contribution in [3.05, 3.63) is 28.8 Å². The molecule has 1 aliphatic rings. The minimum atomic E-state index is -0.470. The lowest BCUT2D eigenvalue weighted by Crippen LogP contribution is -2.45. The smallest absolute Gasteiger partial charge is 0.0762 e. The molecule has 0 amide bonds. The summed E-state index contributed by atoms with van der Waals surface area (Å²) in [5, 5.41) is 10.3. The minimum Gasteiger partial charge on any atom is -0.389 e. The summed E-state index contributed by atoms with van der Waals surface area (Å²) in [7, 11) is 4.26. The lowest BCUT2D eigenvalue weighted by molar-refractivity contribution is 0.199. The number of halogens is 1. The highest BCUT2D eigenvalue weighted by molar-refractivity contribution is 6.33. The number of hydrogen-bond donors (Lipinski definition) is 1. The van der Waals surface area contributed by atoms with Gasteiger partial charge < -0.3 is 14.9 Å². The number of aliphatic hydroxyl groups is 1. The molecular formula is C15H23ClN2O. The quantitative estimate of drug-likeness (QED) is 0.923. The Balaban J connectivity index is 2.17. The SMILES string of the molecule is C[C@@H](O)c1ccc(N2CCCC(N(C)C)C2)c(Cl)c1. The van der Waals surface area contributed by atoms with Gasteiger partial charge in [-0.25, -0.2) is 0 Å². The van der Waals surface area contributed by atoms with Crippen LogP contribution in [0.1, 0.15) is 31.4 Å². The van der Waals surface area contributed by atoms with Gasteiger partial charge in [0, 0.05) is 19.1 Å². The summed E-state index contributed by atoms with van der Waals surface area (Å²) < 4.78 is 0. The van der Waals surface area contributed by atoms with Crippen LogP contribution in [0.5, 0.6) is 0 Å². The monoisotopic (exact) mass is 282 g/mol. The molecule has 2 rings (SSSR count). The Morgan fingerprint density at radius 3 is 2.74 bits per heavy atom. The lowest BCUT2D eigenvalue weighted by Gasteiger charge is -2.38. The van der Waals surface area contributed by atoms with E-state index in [1.54, 1.807) is 6.92 Å². The van der Waals surface area contributed by atoms with E-state index in [0.717, 1.165) is 29.4 Å². The van der Waals surface area contributed by atoms with Crippen LogP contribution >= 0.6 is 11.6 Å². The van der Waals surface area contributed by atoms with E-state index in [1.807, 2.05) is 18.2 Å². The summed E-state index contributed by atoms with van der Waals surface area (Å²) in [6, 6.07) is 6.45. The van der Waals surface area contributed by atoms with Gasteiger partial charge in [-0.1, -0.05) is 17.7 Å². The van der Waals surface area contributed by atoms with Crippen LogP contribution < -0.4 is 4.90 Å². The molecule has 4 heteroatoms. The first-order valence-electron chi connectivity index (χ1n) is 6.88. The summed E-state index contributed by atoms with van der Waals surface area (Å²) in [6.45, 7) is 3.83. The predicted molar refractivity (Wildman–Crippen MR) is 81.0 cm³/mol. The molecule has 0 aliphatic carbocycles. The minimum absolute atomic E-state index is 0.470. The normalized spacial score (nSPS) is 21.8. The van der Waals surface area contributed by atoms with Crippen molar-refractivity contribution >= 4 is 17.3 Å². The number of rotatable bonds is 3.